The number of piperidine rings is 1. The molecule has 0 aromatic heterocycles. The van der Waals surface area contributed by atoms with Crippen molar-refractivity contribution in [1.29, 1.82) is 0 Å². The maximum absolute atomic E-state index is 12.7. The molecule has 7 heteroatoms. The molecule has 3 amide bonds. The summed E-state index contributed by atoms with van der Waals surface area (Å²) < 4.78 is 5.74. The predicted octanol–water partition coefficient (Wildman–Crippen LogP) is 3.52. The minimum Gasteiger partial charge on any atom is -0.484 e. The van der Waals surface area contributed by atoms with Crippen molar-refractivity contribution in [3.63, 3.8) is 0 Å². The van der Waals surface area contributed by atoms with Crippen molar-refractivity contribution in [3.05, 3.63) is 60.2 Å². The maximum atomic E-state index is 12.7. The van der Waals surface area contributed by atoms with Crippen LogP contribution in [0, 0.1) is 5.92 Å². The summed E-state index contributed by atoms with van der Waals surface area (Å²) in [6, 6.07) is 17.3. The molecule has 0 unspecified atom stereocenters. The van der Waals surface area contributed by atoms with Crippen molar-refractivity contribution in [2.75, 3.05) is 18.1 Å². The average Bonchev–Trinajstić information content (AvgIpc) is 3.24. The highest BCUT2D eigenvalue weighted by atomic mass is 16.5. The van der Waals surface area contributed by atoms with Gasteiger partial charge in [-0.25, -0.2) is 0 Å². The van der Waals surface area contributed by atoms with Crippen molar-refractivity contribution in [3.8, 4) is 5.75 Å². The van der Waals surface area contributed by atoms with Crippen molar-refractivity contribution >= 4 is 23.4 Å². The molecule has 0 radical (unpaired) electrons. The summed E-state index contributed by atoms with van der Waals surface area (Å²) >= 11 is 0. The van der Waals surface area contributed by atoms with Crippen LogP contribution in [0.3, 0.4) is 0 Å². The number of carbonyl (C=O) groups is 3. The molecule has 0 bridgehead atoms. The number of amides is 3. The molecule has 2 aliphatic heterocycles. The first-order chi connectivity index (χ1) is 16.4. The second-order valence-electron chi connectivity index (χ2n) is 9.32. The van der Waals surface area contributed by atoms with E-state index in [1.807, 2.05) is 35.2 Å². The third-order valence-electron chi connectivity index (χ3n) is 6.80. The summed E-state index contributed by atoms with van der Waals surface area (Å²) in [6.07, 6.45) is 3.40. The summed E-state index contributed by atoms with van der Waals surface area (Å²) in [5.74, 6) is 0.0236. The van der Waals surface area contributed by atoms with Gasteiger partial charge in [-0.15, -0.1) is 0 Å². The number of anilines is 1. The molecule has 2 aromatic carbocycles. The van der Waals surface area contributed by atoms with E-state index in [-0.39, 0.29) is 48.8 Å². The topological polar surface area (TPSA) is 79.0 Å². The van der Waals surface area contributed by atoms with Gasteiger partial charge in [0.15, 0.2) is 6.61 Å². The van der Waals surface area contributed by atoms with Gasteiger partial charge >= 0.3 is 0 Å². The number of ether oxygens (including phenoxy) is 1. The normalized spacial score (nSPS) is 22.5. The molecule has 2 aromatic rings. The van der Waals surface area contributed by atoms with Gasteiger partial charge in [0.1, 0.15) is 5.75 Å². The molecule has 180 valence electrons. The molecule has 0 aliphatic carbocycles. The highest BCUT2D eigenvalue weighted by Crippen LogP contribution is 2.27. The van der Waals surface area contributed by atoms with E-state index < -0.39 is 0 Å². The maximum Gasteiger partial charge on any atom is 0.260 e. The number of hydrogen-bond donors (Lipinski definition) is 1. The van der Waals surface area contributed by atoms with Crippen LogP contribution >= 0.6 is 0 Å². The van der Waals surface area contributed by atoms with E-state index >= 15 is 0 Å². The molecule has 7 nitrogen and oxygen atoms in total. The lowest BCUT2D eigenvalue weighted by atomic mass is 9.97. The van der Waals surface area contributed by atoms with E-state index in [1.54, 1.807) is 29.2 Å². The summed E-state index contributed by atoms with van der Waals surface area (Å²) in [4.78, 5) is 41.4. The molecular formula is C27H33N3O4. The van der Waals surface area contributed by atoms with E-state index in [9.17, 15) is 14.4 Å². The van der Waals surface area contributed by atoms with Crippen LogP contribution in [0.15, 0.2) is 54.6 Å². The molecule has 2 heterocycles. The lowest BCUT2D eigenvalue weighted by molar-refractivity contribution is -0.139. The zero-order valence-electron chi connectivity index (χ0n) is 19.9. The van der Waals surface area contributed by atoms with E-state index in [4.69, 9.17) is 4.74 Å². The number of nitrogens with one attached hydrogen (secondary N) is 1. The van der Waals surface area contributed by atoms with E-state index in [0.29, 0.717) is 18.8 Å². The SMILES string of the molecule is C[C@H]1CCC[C@H](C)N1C(=O)COc1ccc(N2C[C@H](C(=O)NCc3ccccc3)CC2=O)cc1. The van der Waals surface area contributed by atoms with Crippen LogP contribution in [-0.4, -0.2) is 47.9 Å². The molecule has 2 aliphatic rings. The van der Waals surface area contributed by atoms with Crippen LogP contribution in [0.4, 0.5) is 5.69 Å². The zero-order chi connectivity index (χ0) is 24.1. The summed E-state index contributed by atoms with van der Waals surface area (Å²) in [6.45, 7) is 4.97. The van der Waals surface area contributed by atoms with Crippen molar-refractivity contribution < 1.29 is 19.1 Å². The fraction of sp³-hybridized carbons (Fsp3) is 0.444. The minimum absolute atomic E-state index is 0.000329. The van der Waals surface area contributed by atoms with E-state index in [0.717, 1.165) is 30.5 Å². The first kappa shape index (κ1) is 23.8. The van der Waals surface area contributed by atoms with Gasteiger partial charge in [0.2, 0.25) is 11.8 Å². The van der Waals surface area contributed by atoms with Crippen LogP contribution in [0.2, 0.25) is 0 Å². The second kappa shape index (κ2) is 10.7. The lowest BCUT2D eigenvalue weighted by Gasteiger charge is -2.38. The first-order valence-electron chi connectivity index (χ1n) is 12.1. The molecular weight excluding hydrogens is 430 g/mol. The van der Waals surface area contributed by atoms with Crippen LogP contribution in [0.1, 0.15) is 45.1 Å². The molecule has 1 N–H and O–H groups in total. The van der Waals surface area contributed by atoms with Crippen LogP contribution in [0.25, 0.3) is 0 Å². The van der Waals surface area contributed by atoms with Gasteiger partial charge in [-0.05, 0) is 62.9 Å². The molecule has 3 atom stereocenters. The number of hydrogen-bond acceptors (Lipinski definition) is 4. The molecule has 2 fully saturated rings. The number of benzene rings is 2. The van der Waals surface area contributed by atoms with Crippen LogP contribution in [-0.2, 0) is 20.9 Å². The highest BCUT2D eigenvalue weighted by molar-refractivity contribution is 6.00. The lowest BCUT2D eigenvalue weighted by Crippen LogP contribution is -2.49. The highest BCUT2D eigenvalue weighted by Gasteiger charge is 2.35. The summed E-state index contributed by atoms with van der Waals surface area (Å²) in [7, 11) is 0. The summed E-state index contributed by atoms with van der Waals surface area (Å²) in [5.41, 5.74) is 1.75. The fourth-order valence-electron chi connectivity index (χ4n) is 4.92. The van der Waals surface area contributed by atoms with Gasteiger partial charge in [-0.3, -0.25) is 14.4 Å². The smallest absolute Gasteiger partial charge is 0.260 e. The number of carbonyl (C=O) groups excluding carboxylic acids is 3. The number of nitrogens with zero attached hydrogens (tertiary/aromatic N) is 2. The average molecular weight is 464 g/mol. The van der Waals surface area contributed by atoms with Crippen LogP contribution in [0.5, 0.6) is 5.75 Å². The number of rotatable bonds is 7. The van der Waals surface area contributed by atoms with Crippen molar-refractivity contribution in [1.82, 2.24) is 10.2 Å². The van der Waals surface area contributed by atoms with E-state index in [1.165, 1.54) is 0 Å². The first-order valence-corrected chi connectivity index (χ1v) is 12.1. The zero-order valence-corrected chi connectivity index (χ0v) is 19.9. The Balaban J connectivity index is 1.29. The second-order valence-corrected chi connectivity index (χ2v) is 9.32. The standard InChI is InChI=1S/C27H33N3O4/c1-19-7-6-8-20(2)30(19)26(32)18-34-24-13-11-23(12-14-24)29-17-22(15-25(29)31)27(33)28-16-21-9-4-3-5-10-21/h3-5,9-14,19-20,22H,6-8,15-18H2,1-2H3,(H,28,33)/t19-,20-,22+/m0/s1. The van der Waals surface area contributed by atoms with Gasteiger partial charge in [0.05, 0.1) is 5.92 Å². The Morgan fingerprint density at radius 2 is 1.68 bits per heavy atom. The van der Waals surface area contributed by atoms with Gasteiger partial charge < -0.3 is 19.9 Å². The largest absolute Gasteiger partial charge is 0.484 e. The minimum atomic E-state index is -0.377. The van der Waals surface area contributed by atoms with Gasteiger partial charge in [-0.2, -0.15) is 0 Å². The van der Waals surface area contributed by atoms with Gasteiger partial charge in [0, 0.05) is 37.3 Å². The Labute approximate surface area is 201 Å². The molecule has 0 saturated carbocycles. The van der Waals surface area contributed by atoms with Crippen molar-refractivity contribution in [2.24, 2.45) is 5.92 Å². The fourth-order valence-corrected chi connectivity index (χ4v) is 4.92. The van der Waals surface area contributed by atoms with Gasteiger partial charge in [0.25, 0.3) is 5.91 Å². The van der Waals surface area contributed by atoms with Crippen molar-refractivity contribution in [2.45, 2.75) is 58.2 Å². The Morgan fingerprint density at radius 3 is 2.35 bits per heavy atom. The predicted molar refractivity (Wildman–Crippen MR) is 130 cm³/mol. The Kier molecular flexibility index (Phi) is 7.50. The molecule has 0 spiro atoms. The Hall–Kier alpha value is -3.35. The monoisotopic (exact) mass is 463 g/mol. The Bertz CT molecular complexity index is 998. The third-order valence-corrected chi connectivity index (χ3v) is 6.80. The van der Waals surface area contributed by atoms with E-state index in [2.05, 4.69) is 19.2 Å². The molecule has 2 saturated heterocycles. The Morgan fingerprint density at radius 1 is 1.00 bits per heavy atom. The molecule has 4 rings (SSSR count). The number of likely N-dealkylation sites (tertiary alicyclic amines) is 1. The quantitative estimate of drug-likeness (QED) is 0.682. The molecule has 34 heavy (non-hydrogen) atoms. The third kappa shape index (κ3) is 5.58. The summed E-state index contributed by atoms with van der Waals surface area (Å²) in [5, 5.41) is 2.93. The van der Waals surface area contributed by atoms with Gasteiger partial charge in [-0.1, -0.05) is 30.3 Å². The van der Waals surface area contributed by atoms with Crippen LogP contribution < -0.4 is 15.0 Å².